The first-order chi connectivity index (χ1) is 23.9. The van der Waals surface area contributed by atoms with E-state index >= 15 is 0 Å². The number of hydrogen-bond acceptors (Lipinski definition) is 15. The van der Waals surface area contributed by atoms with Crippen molar-refractivity contribution in [3.8, 4) is 35.3 Å². The summed E-state index contributed by atoms with van der Waals surface area (Å²) in [5.41, 5.74) is 19.5. The van der Waals surface area contributed by atoms with Crippen LogP contribution in [0.25, 0.3) is 0 Å². The summed E-state index contributed by atoms with van der Waals surface area (Å²) in [7, 11) is 0. The van der Waals surface area contributed by atoms with E-state index in [9.17, 15) is 14.4 Å². The van der Waals surface area contributed by atoms with Crippen LogP contribution in [0.1, 0.15) is 31.1 Å². The second kappa shape index (κ2) is 19.2. The maximum absolute atomic E-state index is 12.6. The third kappa shape index (κ3) is 9.39. The zero-order valence-corrected chi connectivity index (χ0v) is 45.0. The monoisotopic (exact) mass is 1770 g/mol. The Morgan fingerprint density at radius 1 is 0.412 bits per heavy atom. The minimum atomic E-state index is -0.888. The molecule has 0 saturated carbocycles. The van der Waals surface area contributed by atoms with E-state index in [4.69, 9.17) is 67.0 Å². The molecule has 0 unspecified atom stereocenters. The summed E-state index contributed by atoms with van der Waals surface area (Å²) < 4.78 is 34.7. The van der Waals surface area contributed by atoms with Crippen molar-refractivity contribution in [3.05, 3.63) is 48.8 Å². The highest BCUT2D eigenvalue weighted by atomic mass is 127. The molecule has 27 heteroatoms. The van der Waals surface area contributed by atoms with Crippen molar-refractivity contribution < 1.29 is 41.5 Å². The van der Waals surface area contributed by atoms with Gasteiger partial charge in [-0.15, -0.1) is 15.0 Å². The second-order valence-electron chi connectivity index (χ2n) is 8.76. The molecule has 0 saturated heterocycles. The van der Waals surface area contributed by atoms with Crippen LogP contribution in [0.15, 0.2) is 0 Å². The Balaban J connectivity index is 1.99. The van der Waals surface area contributed by atoms with Crippen LogP contribution in [-0.2, 0) is 12.9 Å². The molecule has 4 rings (SSSR count). The average molecular weight is 1770 g/mol. The van der Waals surface area contributed by atoms with Gasteiger partial charge in [-0.1, -0.05) is 0 Å². The molecule has 0 fully saturated rings. The zero-order valence-electron chi connectivity index (χ0n) is 23.3. The molecular formula is C24H6Cl3I9N6O9. The van der Waals surface area contributed by atoms with Crippen molar-refractivity contribution in [1.82, 2.24) is 15.0 Å². The van der Waals surface area contributed by atoms with E-state index in [-0.39, 0.29) is 61.7 Å². The van der Waals surface area contributed by atoms with E-state index in [0.717, 1.165) is 0 Å². The standard InChI is InChI=1S/C24H6Cl3I9N6O9/c25-49-19(43)1-4(28)13(37)10(34)16(7(1)31)46-22-40-23(47-17-8(32)2(20(44)50-26)5(29)14(38)11(17)35)42-24(41-22)48-18-9(33)3(21(45)51-27)6(30)15(39)12(18)36/h37-39H2. The van der Waals surface area contributed by atoms with Crippen molar-refractivity contribution in [1.29, 1.82) is 0 Å². The number of nitrogen functional groups attached to an aromatic ring is 3. The lowest BCUT2D eigenvalue weighted by molar-refractivity contribution is 0.0739. The first-order valence-corrected chi connectivity index (χ1v) is 22.7. The molecule has 15 nitrogen and oxygen atoms in total. The highest BCUT2D eigenvalue weighted by Crippen LogP contribution is 2.45. The van der Waals surface area contributed by atoms with E-state index in [2.05, 4.69) is 27.8 Å². The fourth-order valence-corrected chi connectivity index (χ4v) is 15.3. The van der Waals surface area contributed by atoms with Crippen LogP contribution in [0.2, 0.25) is 0 Å². The predicted molar refractivity (Wildman–Crippen MR) is 261 cm³/mol. The number of aromatic nitrogens is 3. The maximum atomic E-state index is 12.6. The molecule has 0 atom stereocenters. The molecule has 270 valence electrons. The summed E-state index contributed by atoms with van der Waals surface area (Å²) in [4.78, 5) is 50.7. The largest absolute Gasteiger partial charge is 0.422 e. The summed E-state index contributed by atoms with van der Waals surface area (Å²) in [5, 5.41) is 0. The first kappa shape index (κ1) is 45.0. The quantitative estimate of drug-likeness (QED) is 0.105. The van der Waals surface area contributed by atoms with E-state index < -0.39 is 35.9 Å². The number of hydrogen-bond donors (Lipinski definition) is 3. The smallest absolute Gasteiger partial charge is 0.358 e. The molecule has 0 spiro atoms. The molecule has 0 aliphatic rings. The van der Waals surface area contributed by atoms with Gasteiger partial charge in [0, 0.05) is 0 Å². The fraction of sp³-hybridized carbons (Fsp3) is 0. The average Bonchev–Trinajstić information content (AvgIpc) is 3.10. The third-order valence-corrected chi connectivity index (χ3v) is 16.0. The third-order valence-electron chi connectivity index (χ3n) is 5.91. The number of carbonyl (C=O) groups is 3. The number of anilines is 3. The number of benzene rings is 3. The molecule has 3 aromatic carbocycles. The topological polar surface area (TPSA) is 223 Å². The Morgan fingerprint density at radius 3 is 0.824 bits per heavy atom. The predicted octanol–water partition coefficient (Wildman–Crippen LogP) is 10.4. The lowest BCUT2D eigenvalue weighted by atomic mass is 10.2. The van der Waals surface area contributed by atoms with E-state index in [1.807, 2.05) is 203 Å². The molecule has 0 bridgehead atoms. The van der Waals surface area contributed by atoms with Crippen LogP contribution < -0.4 is 31.4 Å². The van der Waals surface area contributed by atoms with Gasteiger partial charge in [0.05, 0.1) is 65.9 Å². The van der Waals surface area contributed by atoms with E-state index in [1.165, 1.54) is 0 Å². The first-order valence-electron chi connectivity index (χ1n) is 12.1. The zero-order chi connectivity index (χ0) is 38.2. The molecule has 6 N–H and O–H groups in total. The highest BCUT2D eigenvalue weighted by Gasteiger charge is 2.31. The Morgan fingerprint density at radius 2 is 0.627 bits per heavy atom. The number of nitrogens with two attached hydrogens (primary N) is 3. The van der Waals surface area contributed by atoms with Crippen LogP contribution in [0.4, 0.5) is 17.1 Å². The van der Waals surface area contributed by atoms with Crippen LogP contribution >= 0.6 is 239 Å². The molecule has 51 heavy (non-hydrogen) atoms. The van der Waals surface area contributed by atoms with Crippen molar-refractivity contribution in [2.24, 2.45) is 0 Å². The number of nitrogens with zero attached hydrogens (tertiary/aromatic N) is 3. The van der Waals surface area contributed by atoms with Gasteiger partial charge in [-0.3, -0.25) is 0 Å². The van der Waals surface area contributed by atoms with Crippen LogP contribution in [0.5, 0.6) is 35.3 Å². The minimum absolute atomic E-state index is 0.0236. The van der Waals surface area contributed by atoms with Gasteiger partial charge in [-0.2, -0.15) is 0 Å². The van der Waals surface area contributed by atoms with Crippen LogP contribution in [0, 0.1) is 32.1 Å². The summed E-state index contributed by atoms with van der Waals surface area (Å²) >= 11 is 33.2. The van der Waals surface area contributed by atoms with Crippen molar-refractivity contribution >= 4 is 274 Å². The van der Waals surface area contributed by atoms with Crippen LogP contribution in [-0.4, -0.2) is 32.9 Å². The summed E-state index contributed by atoms with van der Waals surface area (Å²) in [5.74, 6) is -2.50. The molecule has 0 radical (unpaired) electrons. The van der Waals surface area contributed by atoms with Gasteiger partial charge >= 0.3 is 35.9 Å². The van der Waals surface area contributed by atoms with Crippen molar-refractivity contribution in [3.63, 3.8) is 0 Å². The Labute approximate surface area is 423 Å². The summed E-state index contributed by atoms with van der Waals surface area (Å²) in [6.07, 6.45) is 0. The van der Waals surface area contributed by atoms with Crippen molar-refractivity contribution in [2.45, 2.75) is 0 Å². The van der Waals surface area contributed by atoms with Gasteiger partial charge in [0.25, 0.3) is 0 Å². The SMILES string of the molecule is Nc1c(I)c(Oc2nc(Oc3c(I)c(N)c(I)c(C(=O)OCl)c3I)nc(Oc3c(I)c(N)c(I)c(C(=O)OCl)c3I)n2)c(I)c(C(=O)OCl)c1I. The number of ether oxygens (including phenoxy) is 3. The Bertz CT molecular complexity index is 1920. The Hall–Kier alpha value is 1.32. The molecular weight excluding hydrogens is 1760 g/mol. The van der Waals surface area contributed by atoms with Gasteiger partial charge in [0.2, 0.25) is 0 Å². The van der Waals surface area contributed by atoms with E-state index in [0.29, 0.717) is 21.4 Å². The van der Waals surface area contributed by atoms with Gasteiger partial charge in [-0.25, -0.2) is 14.4 Å². The number of carbonyl (C=O) groups excluding carboxylic acids is 3. The van der Waals surface area contributed by atoms with Gasteiger partial charge < -0.3 is 44.3 Å². The minimum Gasteiger partial charge on any atom is -0.422 e. The molecule has 1 heterocycles. The van der Waals surface area contributed by atoms with Gasteiger partial charge in [0.15, 0.2) is 17.2 Å². The van der Waals surface area contributed by atoms with Crippen molar-refractivity contribution in [2.75, 3.05) is 17.2 Å². The summed E-state index contributed by atoms with van der Waals surface area (Å²) in [6.45, 7) is 0. The van der Waals surface area contributed by atoms with E-state index in [1.54, 1.807) is 0 Å². The Kier molecular flexibility index (Phi) is 16.9. The molecule has 4 aromatic rings. The molecule has 1 aromatic heterocycles. The van der Waals surface area contributed by atoms with Gasteiger partial charge in [-0.05, 0) is 203 Å². The fourth-order valence-electron chi connectivity index (χ4n) is 3.63. The lowest BCUT2D eigenvalue weighted by Gasteiger charge is -2.18. The normalized spacial score (nSPS) is 10.8. The second-order valence-corrected chi connectivity index (χ2v) is 18.9. The highest BCUT2D eigenvalue weighted by molar-refractivity contribution is 14.1. The number of rotatable bonds is 9. The maximum Gasteiger partial charge on any atom is 0.358 e. The molecule has 0 aliphatic heterocycles. The summed E-state index contributed by atoms with van der Waals surface area (Å²) in [6, 6.07) is -1.24. The molecule has 0 aliphatic carbocycles. The number of halogens is 12. The van der Waals surface area contributed by atoms with Crippen LogP contribution in [0.3, 0.4) is 0 Å². The van der Waals surface area contributed by atoms with Gasteiger partial charge in [0.1, 0.15) is 35.6 Å². The molecule has 0 amide bonds. The lowest BCUT2D eigenvalue weighted by Crippen LogP contribution is -2.13.